The minimum atomic E-state index is -0.285. The van der Waals surface area contributed by atoms with Crippen LogP contribution in [0.1, 0.15) is 6.92 Å². The molecule has 0 bridgehead atoms. The standard InChI is InChI=1S/C6H12N2O/c1-6(7)3-4-8(2)9-5-6/h3-4H,5,7H2,1-2H3. The third kappa shape index (κ3) is 1.69. The van der Waals surface area contributed by atoms with Crippen molar-refractivity contribution in [3.63, 3.8) is 0 Å². The Hall–Kier alpha value is -0.540. The van der Waals surface area contributed by atoms with Crippen molar-refractivity contribution in [1.29, 1.82) is 0 Å². The molecule has 0 fully saturated rings. The molecule has 0 saturated carbocycles. The number of hydrogen-bond acceptors (Lipinski definition) is 3. The molecule has 0 radical (unpaired) electrons. The Kier molecular flexibility index (Phi) is 1.47. The van der Waals surface area contributed by atoms with Gasteiger partial charge in [-0.05, 0) is 13.0 Å². The quantitative estimate of drug-likeness (QED) is 0.502. The summed E-state index contributed by atoms with van der Waals surface area (Å²) in [5, 5.41) is 1.65. The van der Waals surface area contributed by atoms with Gasteiger partial charge in [0, 0.05) is 13.2 Å². The second-order valence-corrected chi connectivity index (χ2v) is 2.64. The minimum Gasteiger partial charge on any atom is -0.320 e. The summed E-state index contributed by atoms with van der Waals surface area (Å²) >= 11 is 0. The van der Waals surface area contributed by atoms with Gasteiger partial charge in [-0.25, -0.2) is 0 Å². The highest BCUT2D eigenvalue weighted by atomic mass is 16.7. The zero-order valence-corrected chi connectivity index (χ0v) is 5.79. The van der Waals surface area contributed by atoms with Crippen LogP contribution in [-0.4, -0.2) is 24.3 Å². The molecule has 0 saturated heterocycles. The number of rotatable bonds is 0. The van der Waals surface area contributed by atoms with Crippen LogP contribution in [0.4, 0.5) is 0 Å². The smallest absolute Gasteiger partial charge is 0.0961 e. The van der Waals surface area contributed by atoms with E-state index in [9.17, 15) is 0 Å². The van der Waals surface area contributed by atoms with Crippen LogP contribution < -0.4 is 5.73 Å². The lowest BCUT2D eigenvalue weighted by Crippen LogP contribution is -2.43. The molecule has 1 rings (SSSR count). The fourth-order valence-electron chi connectivity index (χ4n) is 0.607. The van der Waals surface area contributed by atoms with E-state index in [1.54, 1.807) is 5.06 Å². The Balaban J connectivity index is 2.58. The topological polar surface area (TPSA) is 38.5 Å². The van der Waals surface area contributed by atoms with Gasteiger partial charge in [-0.3, -0.25) is 9.90 Å². The van der Waals surface area contributed by atoms with Gasteiger partial charge in [0.05, 0.1) is 12.1 Å². The van der Waals surface area contributed by atoms with Crippen LogP contribution in [0.15, 0.2) is 12.3 Å². The summed E-state index contributed by atoms with van der Waals surface area (Å²) in [4.78, 5) is 5.11. The summed E-state index contributed by atoms with van der Waals surface area (Å²) in [5.41, 5.74) is 5.42. The molecule has 1 heterocycles. The van der Waals surface area contributed by atoms with Crippen LogP contribution >= 0.6 is 0 Å². The maximum absolute atomic E-state index is 5.70. The molecule has 1 atom stereocenters. The van der Waals surface area contributed by atoms with Crippen LogP contribution in [0.2, 0.25) is 0 Å². The van der Waals surface area contributed by atoms with E-state index >= 15 is 0 Å². The Bertz CT molecular complexity index is 131. The molecule has 1 aliphatic heterocycles. The zero-order chi connectivity index (χ0) is 6.91. The predicted molar refractivity (Wildman–Crippen MR) is 35.4 cm³/mol. The second kappa shape index (κ2) is 2.01. The Morgan fingerprint density at radius 3 is 2.78 bits per heavy atom. The van der Waals surface area contributed by atoms with Gasteiger partial charge in [0.15, 0.2) is 0 Å². The van der Waals surface area contributed by atoms with Gasteiger partial charge in [-0.1, -0.05) is 0 Å². The molecule has 0 aromatic heterocycles. The molecule has 0 aromatic carbocycles. The molecule has 52 valence electrons. The van der Waals surface area contributed by atoms with Crippen LogP contribution in [-0.2, 0) is 4.84 Å². The number of nitrogens with two attached hydrogens (primary N) is 1. The monoisotopic (exact) mass is 128 g/mol. The summed E-state index contributed by atoms with van der Waals surface area (Å²) in [5.74, 6) is 0. The van der Waals surface area contributed by atoms with Crippen molar-refractivity contribution in [3.05, 3.63) is 12.3 Å². The first-order chi connectivity index (χ1) is 4.10. The van der Waals surface area contributed by atoms with E-state index in [4.69, 9.17) is 10.6 Å². The molecular formula is C6H12N2O. The van der Waals surface area contributed by atoms with E-state index in [1.165, 1.54) is 0 Å². The average Bonchev–Trinajstić information content (AvgIpc) is 1.78. The highest BCUT2D eigenvalue weighted by Gasteiger charge is 2.19. The van der Waals surface area contributed by atoms with Gasteiger partial charge >= 0.3 is 0 Å². The molecule has 0 aromatic rings. The lowest BCUT2D eigenvalue weighted by Gasteiger charge is -2.28. The van der Waals surface area contributed by atoms with Crippen molar-refractivity contribution in [2.75, 3.05) is 13.7 Å². The third-order valence-corrected chi connectivity index (χ3v) is 1.24. The largest absolute Gasteiger partial charge is 0.320 e. The van der Waals surface area contributed by atoms with E-state index < -0.39 is 0 Å². The summed E-state index contributed by atoms with van der Waals surface area (Å²) in [6.45, 7) is 2.48. The van der Waals surface area contributed by atoms with Gasteiger partial charge in [0.2, 0.25) is 0 Å². The van der Waals surface area contributed by atoms with Crippen molar-refractivity contribution < 1.29 is 4.84 Å². The van der Waals surface area contributed by atoms with Crippen LogP contribution in [0, 0.1) is 0 Å². The maximum Gasteiger partial charge on any atom is 0.0961 e. The van der Waals surface area contributed by atoms with Crippen molar-refractivity contribution in [2.45, 2.75) is 12.5 Å². The molecule has 9 heavy (non-hydrogen) atoms. The Morgan fingerprint density at radius 2 is 2.44 bits per heavy atom. The van der Waals surface area contributed by atoms with Crippen LogP contribution in [0.5, 0.6) is 0 Å². The van der Waals surface area contributed by atoms with Gasteiger partial charge < -0.3 is 5.73 Å². The normalized spacial score (nSPS) is 35.2. The molecule has 3 heteroatoms. The summed E-state index contributed by atoms with van der Waals surface area (Å²) in [6.07, 6.45) is 3.75. The predicted octanol–water partition coefficient (Wildman–Crippen LogP) is 0.0945. The molecule has 1 unspecified atom stereocenters. The van der Waals surface area contributed by atoms with Crippen LogP contribution in [0.3, 0.4) is 0 Å². The lowest BCUT2D eigenvalue weighted by molar-refractivity contribution is -0.122. The second-order valence-electron chi connectivity index (χ2n) is 2.64. The Morgan fingerprint density at radius 1 is 1.78 bits per heavy atom. The van der Waals surface area contributed by atoms with Gasteiger partial charge in [-0.15, -0.1) is 0 Å². The minimum absolute atomic E-state index is 0.285. The molecule has 2 N–H and O–H groups in total. The maximum atomic E-state index is 5.70. The van der Waals surface area contributed by atoms with E-state index in [-0.39, 0.29) is 5.54 Å². The molecular weight excluding hydrogens is 116 g/mol. The van der Waals surface area contributed by atoms with E-state index in [0.29, 0.717) is 6.61 Å². The van der Waals surface area contributed by atoms with Crippen LogP contribution in [0.25, 0.3) is 0 Å². The van der Waals surface area contributed by atoms with Crippen molar-refractivity contribution in [1.82, 2.24) is 5.06 Å². The average molecular weight is 128 g/mol. The molecule has 1 aliphatic rings. The molecule has 0 amide bonds. The SMILES string of the molecule is CN1C=CC(C)(N)CO1. The first kappa shape index (κ1) is 6.58. The summed E-state index contributed by atoms with van der Waals surface area (Å²) < 4.78 is 0. The van der Waals surface area contributed by atoms with Crippen molar-refractivity contribution in [2.24, 2.45) is 5.73 Å². The molecule has 0 spiro atoms. The molecule has 3 nitrogen and oxygen atoms in total. The first-order valence-corrected chi connectivity index (χ1v) is 2.94. The first-order valence-electron chi connectivity index (χ1n) is 2.94. The number of nitrogens with zero attached hydrogens (tertiary/aromatic N) is 1. The lowest BCUT2D eigenvalue weighted by atomic mass is 10.1. The summed E-state index contributed by atoms with van der Waals surface area (Å²) in [7, 11) is 1.84. The van der Waals surface area contributed by atoms with Crippen molar-refractivity contribution >= 4 is 0 Å². The fraction of sp³-hybridized carbons (Fsp3) is 0.667. The fourth-order valence-corrected chi connectivity index (χ4v) is 0.607. The highest BCUT2D eigenvalue weighted by molar-refractivity contribution is 5.02. The number of hydrogen-bond donors (Lipinski definition) is 1. The number of hydroxylamine groups is 2. The molecule has 0 aliphatic carbocycles. The van der Waals surface area contributed by atoms with Gasteiger partial charge in [-0.2, -0.15) is 0 Å². The van der Waals surface area contributed by atoms with E-state index in [0.717, 1.165) is 0 Å². The van der Waals surface area contributed by atoms with Crippen molar-refractivity contribution in [3.8, 4) is 0 Å². The Labute approximate surface area is 55.0 Å². The highest BCUT2D eigenvalue weighted by Crippen LogP contribution is 2.08. The van der Waals surface area contributed by atoms with E-state index in [1.807, 2.05) is 26.2 Å². The zero-order valence-electron chi connectivity index (χ0n) is 5.79. The van der Waals surface area contributed by atoms with Gasteiger partial charge in [0.1, 0.15) is 0 Å². The third-order valence-electron chi connectivity index (χ3n) is 1.24. The van der Waals surface area contributed by atoms with E-state index in [2.05, 4.69) is 0 Å². The van der Waals surface area contributed by atoms with Gasteiger partial charge in [0.25, 0.3) is 0 Å². The summed E-state index contributed by atoms with van der Waals surface area (Å²) in [6, 6.07) is 0.